The predicted molar refractivity (Wildman–Crippen MR) is 80.7 cm³/mol. The molecule has 104 valence electrons. The van der Waals surface area contributed by atoms with Crippen molar-refractivity contribution in [1.82, 2.24) is 0 Å². The largest absolute Gasteiger partial charge is 0.456 e. The molecular weight excluding hydrogens is 248 g/mol. The summed E-state index contributed by atoms with van der Waals surface area (Å²) in [6.07, 6.45) is 5.97. The van der Waals surface area contributed by atoms with Gasteiger partial charge in [-0.05, 0) is 54.0 Å². The average molecular weight is 268 g/mol. The van der Waals surface area contributed by atoms with Crippen molar-refractivity contribution in [2.75, 3.05) is 0 Å². The first-order valence-electron chi connectivity index (χ1n) is 7.21. The minimum Gasteiger partial charge on any atom is -0.456 e. The van der Waals surface area contributed by atoms with Gasteiger partial charge in [0.15, 0.2) is 0 Å². The van der Waals surface area contributed by atoms with E-state index < -0.39 is 0 Å². The molecule has 0 atom stereocenters. The second-order valence-corrected chi connectivity index (χ2v) is 6.60. The highest BCUT2D eigenvalue weighted by atomic mass is 16.5. The molecule has 2 heteroatoms. The van der Waals surface area contributed by atoms with Gasteiger partial charge in [0.25, 0.3) is 0 Å². The van der Waals surface area contributed by atoms with Gasteiger partial charge in [0.2, 0.25) is 0 Å². The number of allylic oxidation sites excluding steroid dienone is 2. The number of aldehydes is 1. The second kappa shape index (κ2) is 4.62. The zero-order chi connectivity index (χ0) is 14.3. The van der Waals surface area contributed by atoms with E-state index >= 15 is 0 Å². The molecule has 20 heavy (non-hydrogen) atoms. The Kier molecular flexibility index (Phi) is 3.04. The Labute approximate surface area is 120 Å². The van der Waals surface area contributed by atoms with Crippen molar-refractivity contribution in [1.29, 1.82) is 0 Å². The van der Waals surface area contributed by atoms with E-state index in [0.717, 1.165) is 53.8 Å². The van der Waals surface area contributed by atoms with Crippen molar-refractivity contribution >= 4 is 12.4 Å². The second-order valence-electron chi connectivity index (χ2n) is 6.60. The Balaban J connectivity index is 2.09. The van der Waals surface area contributed by atoms with Gasteiger partial charge in [-0.25, -0.2) is 0 Å². The summed E-state index contributed by atoms with van der Waals surface area (Å²) in [4.78, 5) is 11.1. The molecule has 0 amide bonds. The molecule has 0 aromatic heterocycles. The molecule has 1 aliphatic carbocycles. The molecule has 2 aliphatic rings. The van der Waals surface area contributed by atoms with Crippen LogP contribution in [0.4, 0.5) is 0 Å². The molecule has 1 heterocycles. The van der Waals surface area contributed by atoms with Crippen LogP contribution in [0.2, 0.25) is 0 Å². The van der Waals surface area contributed by atoms with E-state index in [9.17, 15) is 4.79 Å². The molecule has 0 bridgehead atoms. The van der Waals surface area contributed by atoms with Gasteiger partial charge in [-0.2, -0.15) is 0 Å². The quantitative estimate of drug-likeness (QED) is 0.706. The molecule has 1 aromatic carbocycles. The maximum atomic E-state index is 11.1. The molecule has 3 rings (SSSR count). The van der Waals surface area contributed by atoms with Crippen LogP contribution < -0.4 is 4.74 Å². The summed E-state index contributed by atoms with van der Waals surface area (Å²) < 4.78 is 5.99. The van der Waals surface area contributed by atoms with Crippen LogP contribution in [0.15, 0.2) is 35.1 Å². The van der Waals surface area contributed by atoms with E-state index in [0.29, 0.717) is 0 Å². The van der Waals surface area contributed by atoms with Gasteiger partial charge in [-0.1, -0.05) is 26.8 Å². The summed E-state index contributed by atoms with van der Waals surface area (Å²) in [6, 6.07) is 6.34. The fourth-order valence-electron chi connectivity index (χ4n) is 2.80. The number of ether oxygens (including phenoxy) is 1. The SMILES string of the molecule is CC(C)(C)c1ccc2c(c1)C=C1CCCC(C=O)=C1O2. The van der Waals surface area contributed by atoms with Crippen LogP contribution in [0, 0.1) is 0 Å². The van der Waals surface area contributed by atoms with Crippen LogP contribution >= 0.6 is 0 Å². The highest BCUT2D eigenvalue weighted by molar-refractivity contribution is 5.79. The van der Waals surface area contributed by atoms with Gasteiger partial charge in [0.1, 0.15) is 17.8 Å². The zero-order valence-corrected chi connectivity index (χ0v) is 12.3. The number of hydrogen-bond acceptors (Lipinski definition) is 2. The van der Waals surface area contributed by atoms with Crippen molar-refractivity contribution in [3.63, 3.8) is 0 Å². The minimum absolute atomic E-state index is 0.129. The Morgan fingerprint density at radius 3 is 2.70 bits per heavy atom. The van der Waals surface area contributed by atoms with Gasteiger partial charge in [-0.15, -0.1) is 0 Å². The van der Waals surface area contributed by atoms with Gasteiger partial charge >= 0.3 is 0 Å². The fourth-order valence-corrected chi connectivity index (χ4v) is 2.80. The molecule has 0 spiro atoms. The number of benzene rings is 1. The monoisotopic (exact) mass is 268 g/mol. The lowest BCUT2D eigenvalue weighted by atomic mass is 9.84. The Morgan fingerprint density at radius 2 is 2.00 bits per heavy atom. The number of carbonyl (C=O) groups is 1. The summed E-state index contributed by atoms with van der Waals surface area (Å²) >= 11 is 0. The van der Waals surface area contributed by atoms with Crippen molar-refractivity contribution in [3.05, 3.63) is 46.2 Å². The summed E-state index contributed by atoms with van der Waals surface area (Å²) in [5.41, 5.74) is 4.52. The summed E-state index contributed by atoms with van der Waals surface area (Å²) in [7, 11) is 0. The smallest absolute Gasteiger partial charge is 0.149 e. The van der Waals surface area contributed by atoms with Gasteiger partial charge < -0.3 is 4.74 Å². The molecule has 0 fully saturated rings. The van der Waals surface area contributed by atoms with E-state index in [2.05, 4.69) is 39.0 Å². The molecule has 2 nitrogen and oxygen atoms in total. The van der Waals surface area contributed by atoms with Crippen LogP contribution in [-0.2, 0) is 10.2 Å². The van der Waals surface area contributed by atoms with E-state index in [1.54, 1.807) is 0 Å². The van der Waals surface area contributed by atoms with Gasteiger partial charge in [0, 0.05) is 11.1 Å². The average Bonchev–Trinajstić information content (AvgIpc) is 2.42. The fraction of sp³-hybridized carbons (Fsp3) is 0.389. The van der Waals surface area contributed by atoms with E-state index in [4.69, 9.17) is 4.74 Å². The Hall–Kier alpha value is -1.83. The summed E-state index contributed by atoms with van der Waals surface area (Å²) in [5.74, 6) is 1.65. The van der Waals surface area contributed by atoms with Crippen LogP contribution in [0.3, 0.4) is 0 Å². The minimum atomic E-state index is 0.129. The number of carbonyl (C=O) groups excluding carboxylic acids is 1. The predicted octanol–water partition coefficient (Wildman–Crippen LogP) is 4.40. The standard InChI is InChI=1S/C18H20O2/c1-18(2,3)15-7-8-16-14(10-15)9-12-5-4-6-13(11-19)17(12)20-16/h7-11H,4-6H2,1-3H3. The Morgan fingerprint density at radius 1 is 1.20 bits per heavy atom. The van der Waals surface area contributed by atoms with Crippen molar-refractivity contribution in [3.8, 4) is 5.75 Å². The molecule has 1 aromatic rings. The highest BCUT2D eigenvalue weighted by Crippen LogP contribution is 2.40. The lowest BCUT2D eigenvalue weighted by Crippen LogP contribution is -2.15. The molecule has 0 saturated carbocycles. The van der Waals surface area contributed by atoms with Gasteiger partial charge in [0.05, 0.1) is 0 Å². The highest BCUT2D eigenvalue weighted by Gasteiger charge is 2.25. The van der Waals surface area contributed by atoms with Crippen molar-refractivity contribution < 1.29 is 9.53 Å². The topological polar surface area (TPSA) is 26.3 Å². The van der Waals surface area contributed by atoms with Crippen molar-refractivity contribution in [2.24, 2.45) is 0 Å². The first-order valence-corrected chi connectivity index (χ1v) is 7.21. The number of rotatable bonds is 1. The number of hydrogen-bond donors (Lipinski definition) is 0. The van der Waals surface area contributed by atoms with Gasteiger partial charge in [-0.3, -0.25) is 4.79 Å². The first-order chi connectivity index (χ1) is 9.49. The normalized spacial score (nSPS) is 17.9. The third kappa shape index (κ3) is 2.20. The van der Waals surface area contributed by atoms with E-state index in [1.165, 1.54) is 5.56 Å². The molecule has 0 saturated heterocycles. The molecule has 1 aliphatic heterocycles. The van der Waals surface area contributed by atoms with Crippen molar-refractivity contribution in [2.45, 2.75) is 45.4 Å². The maximum Gasteiger partial charge on any atom is 0.149 e. The Bertz CT molecular complexity index is 627. The zero-order valence-electron chi connectivity index (χ0n) is 12.3. The molecule has 0 unspecified atom stereocenters. The molecule has 0 radical (unpaired) electrons. The summed E-state index contributed by atoms with van der Waals surface area (Å²) in [5, 5.41) is 0. The molecular formula is C18H20O2. The van der Waals surface area contributed by atoms with E-state index in [1.807, 2.05) is 6.07 Å². The third-order valence-electron chi connectivity index (χ3n) is 4.04. The first kappa shape index (κ1) is 13.2. The maximum absolute atomic E-state index is 11.1. The lowest BCUT2D eigenvalue weighted by molar-refractivity contribution is -0.105. The summed E-state index contributed by atoms with van der Waals surface area (Å²) in [6.45, 7) is 6.63. The van der Waals surface area contributed by atoms with Crippen LogP contribution in [-0.4, -0.2) is 6.29 Å². The lowest BCUT2D eigenvalue weighted by Gasteiger charge is -2.27. The van der Waals surface area contributed by atoms with Crippen LogP contribution in [0.1, 0.15) is 51.2 Å². The number of fused-ring (bicyclic) bond motifs is 2. The van der Waals surface area contributed by atoms with E-state index in [-0.39, 0.29) is 5.41 Å². The molecule has 0 N–H and O–H groups in total. The third-order valence-corrected chi connectivity index (χ3v) is 4.04. The van der Waals surface area contributed by atoms with Crippen LogP contribution in [0.25, 0.3) is 6.08 Å². The van der Waals surface area contributed by atoms with Crippen LogP contribution in [0.5, 0.6) is 5.75 Å².